The van der Waals surface area contributed by atoms with Crippen molar-refractivity contribution in [3.05, 3.63) is 51.2 Å². The van der Waals surface area contributed by atoms with Gasteiger partial charge in [0.2, 0.25) is 0 Å². The normalized spacial score (nSPS) is 12.6. The summed E-state index contributed by atoms with van der Waals surface area (Å²) in [7, 11) is 1.94. The lowest BCUT2D eigenvalue weighted by atomic mass is 10.0. The Morgan fingerprint density at radius 2 is 2.25 bits per heavy atom. The summed E-state index contributed by atoms with van der Waals surface area (Å²) in [6.07, 6.45) is 6.01. The highest BCUT2D eigenvalue weighted by molar-refractivity contribution is 9.10. The molecule has 1 heterocycles. The summed E-state index contributed by atoms with van der Waals surface area (Å²) in [5.41, 5.74) is 2.46. The molecule has 0 spiro atoms. The summed E-state index contributed by atoms with van der Waals surface area (Å²) in [4.78, 5) is 0. The highest BCUT2D eigenvalue weighted by Crippen LogP contribution is 2.27. The van der Waals surface area contributed by atoms with E-state index in [0.717, 1.165) is 28.9 Å². The van der Waals surface area contributed by atoms with Crippen LogP contribution in [0, 0.1) is 0 Å². The van der Waals surface area contributed by atoms with E-state index < -0.39 is 0 Å². The van der Waals surface area contributed by atoms with Crippen molar-refractivity contribution < 1.29 is 0 Å². The number of hydrogen-bond donors (Lipinski definition) is 1. The van der Waals surface area contributed by atoms with E-state index in [1.54, 1.807) is 0 Å². The average molecular weight is 357 g/mol. The predicted molar refractivity (Wildman–Crippen MR) is 87.1 cm³/mol. The predicted octanol–water partition coefficient (Wildman–Crippen LogP) is 4.12. The van der Waals surface area contributed by atoms with E-state index in [-0.39, 0.29) is 6.04 Å². The zero-order valence-electron chi connectivity index (χ0n) is 11.7. The molecule has 1 N–H and O–H groups in total. The minimum absolute atomic E-state index is 0.271. The maximum absolute atomic E-state index is 6.07. The van der Waals surface area contributed by atoms with Gasteiger partial charge in [0.1, 0.15) is 0 Å². The Morgan fingerprint density at radius 3 is 2.85 bits per heavy atom. The van der Waals surface area contributed by atoms with E-state index >= 15 is 0 Å². The van der Waals surface area contributed by atoms with E-state index in [1.807, 2.05) is 24.0 Å². The van der Waals surface area contributed by atoms with Crippen molar-refractivity contribution in [2.45, 2.75) is 25.8 Å². The Bertz CT molecular complexity index is 568. The molecule has 0 aliphatic carbocycles. The minimum atomic E-state index is 0.271. The van der Waals surface area contributed by atoms with Gasteiger partial charge in [-0.2, -0.15) is 5.10 Å². The van der Waals surface area contributed by atoms with Crippen LogP contribution in [0.25, 0.3) is 0 Å². The number of benzene rings is 1. The first kappa shape index (κ1) is 15.5. The molecule has 108 valence electrons. The van der Waals surface area contributed by atoms with Gasteiger partial charge in [0, 0.05) is 23.8 Å². The number of halogens is 2. The Labute approximate surface area is 133 Å². The second-order valence-electron chi connectivity index (χ2n) is 4.91. The lowest BCUT2D eigenvalue weighted by Gasteiger charge is -2.19. The third-order valence-corrected chi connectivity index (χ3v) is 4.40. The minimum Gasteiger partial charge on any atom is -0.310 e. The molecule has 3 nitrogen and oxygen atoms in total. The van der Waals surface area contributed by atoms with Gasteiger partial charge in [-0.15, -0.1) is 0 Å². The Morgan fingerprint density at radius 1 is 1.45 bits per heavy atom. The van der Waals surface area contributed by atoms with Crippen LogP contribution in [0.15, 0.2) is 35.1 Å². The van der Waals surface area contributed by atoms with Gasteiger partial charge in [-0.05, 0) is 58.6 Å². The van der Waals surface area contributed by atoms with E-state index in [1.165, 1.54) is 11.1 Å². The summed E-state index contributed by atoms with van der Waals surface area (Å²) in [5.74, 6) is 0. The molecule has 0 saturated heterocycles. The van der Waals surface area contributed by atoms with Crippen LogP contribution >= 0.6 is 27.5 Å². The number of rotatable bonds is 6. The van der Waals surface area contributed by atoms with Crippen molar-refractivity contribution in [2.24, 2.45) is 7.05 Å². The molecule has 2 rings (SSSR count). The van der Waals surface area contributed by atoms with Gasteiger partial charge in [0.05, 0.1) is 11.2 Å². The first-order chi connectivity index (χ1) is 9.60. The van der Waals surface area contributed by atoms with E-state index in [4.69, 9.17) is 11.6 Å². The molecular weight excluding hydrogens is 338 g/mol. The number of aromatic nitrogens is 2. The largest absolute Gasteiger partial charge is 0.310 e. The third-order valence-electron chi connectivity index (χ3n) is 3.18. The fraction of sp³-hybridized carbons (Fsp3) is 0.400. The van der Waals surface area contributed by atoms with Crippen molar-refractivity contribution in [3.8, 4) is 0 Å². The summed E-state index contributed by atoms with van der Waals surface area (Å²) < 4.78 is 2.77. The first-order valence-electron chi connectivity index (χ1n) is 6.76. The van der Waals surface area contributed by atoms with Gasteiger partial charge in [-0.3, -0.25) is 4.68 Å². The molecule has 20 heavy (non-hydrogen) atoms. The van der Waals surface area contributed by atoms with Gasteiger partial charge < -0.3 is 5.32 Å². The molecule has 5 heteroatoms. The SMILES string of the molecule is CCCNC(Cc1cnn(C)c1)c1ccc(Cl)c(Br)c1. The van der Waals surface area contributed by atoms with Crippen molar-refractivity contribution in [1.29, 1.82) is 0 Å². The highest BCUT2D eigenvalue weighted by atomic mass is 79.9. The van der Waals surface area contributed by atoms with Crippen molar-refractivity contribution in [1.82, 2.24) is 15.1 Å². The summed E-state index contributed by atoms with van der Waals surface area (Å²) in [5, 5.41) is 8.56. The summed E-state index contributed by atoms with van der Waals surface area (Å²) >= 11 is 9.57. The topological polar surface area (TPSA) is 29.9 Å². The maximum atomic E-state index is 6.07. The number of hydrogen-bond acceptors (Lipinski definition) is 2. The van der Waals surface area contributed by atoms with Crippen LogP contribution < -0.4 is 5.32 Å². The Hall–Kier alpha value is -0.840. The van der Waals surface area contributed by atoms with Crippen molar-refractivity contribution in [2.75, 3.05) is 6.54 Å². The Balaban J connectivity index is 2.19. The molecular formula is C15H19BrClN3. The van der Waals surface area contributed by atoms with Crippen LogP contribution in [-0.2, 0) is 13.5 Å². The fourth-order valence-electron chi connectivity index (χ4n) is 2.17. The second-order valence-corrected chi connectivity index (χ2v) is 6.17. The van der Waals surface area contributed by atoms with Crippen LogP contribution in [0.5, 0.6) is 0 Å². The standard InChI is InChI=1S/C15H19BrClN3/c1-3-6-18-15(7-11-9-19-20(2)10-11)12-4-5-14(17)13(16)8-12/h4-5,8-10,15,18H,3,6-7H2,1-2H3. The van der Waals surface area contributed by atoms with Crippen LogP contribution in [0.4, 0.5) is 0 Å². The molecule has 0 aliphatic rings. The highest BCUT2D eigenvalue weighted by Gasteiger charge is 2.13. The van der Waals surface area contributed by atoms with Crippen LogP contribution in [0.1, 0.15) is 30.5 Å². The smallest absolute Gasteiger partial charge is 0.0548 e. The van der Waals surface area contributed by atoms with Crippen molar-refractivity contribution >= 4 is 27.5 Å². The van der Waals surface area contributed by atoms with Crippen LogP contribution in [0.2, 0.25) is 5.02 Å². The summed E-state index contributed by atoms with van der Waals surface area (Å²) in [6.45, 7) is 3.16. The molecule has 0 radical (unpaired) electrons. The molecule has 0 bridgehead atoms. The Kier molecular flexibility index (Phi) is 5.64. The molecule has 0 fully saturated rings. The number of nitrogens with one attached hydrogen (secondary N) is 1. The first-order valence-corrected chi connectivity index (χ1v) is 7.93. The molecule has 1 aromatic carbocycles. The van der Waals surface area contributed by atoms with E-state index in [0.29, 0.717) is 0 Å². The second kappa shape index (κ2) is 7.25. The van der Waals surface area contributed by atoms with E-state index in [2.05, 4.69) is 51.6 Å². The quantitative estimate of drug-likeness (QED) is 0.844. The lowest BCUT2D eigenvalue weighted by molar-refractivity contribution is 0.529. The molecule has 2 aromatic rings. The van der Waals surface area contributed by atoms with Crippen molar-refractivity contribution in [3.63, 3.8) is 0 Å². The van der Waals surface area contributed by atoms with Gasteiger partial charge >= 0.3 is 0 Å². The van der Waals surface area contributed by atoms with Crippen LogP contribution in [-0.4, -0.2) is 16.3 Å². The number of aryl methyl sites for hydroxylation is 1. The van der Waals surface area contributed by atoms with Crippen LogP contribution in [0.3, 0.4) is 0 Å². The lowest BCUT2D eigenvalue weighted by Crippen LogP contribution is -2.24. The molecule has 1 atom stereocenters. The average Bonchev–Trinajstić information content (AvgIpc) is 2.83. The fourth-order valence-corrected chi connectivity index (χ4v) is 2.68. The molecule has 0 aliphatic heterocycles. The molecule has 0 amide bonds. The zero-order valence-corrected chi connectivity index (χ0v) is 14.1. The summed E-state index contributed by atoms with van der Waals surface area (Å²) in [6, 6.07) is 6.38. The van der Waals surface area contributed by atoms with Gasteiger partial charge in [0.15, 0.2) is 0 Å². The molecule has 0 saturated carbocycles. The van der Waals surface area contributed by atoms with Gasteiger partial charge in [-0.1, -0.05) is 24.6 Å². The monoisotopic (exact) mass is 355 g/mol. The van der Waals surface area contributed by atoms with E-state index in [9.17, 15) is 0 Å². The number of nitrogens with zero attached hydrogens (tertiary/aromatic N) is 2. The maximum Gasteiger partial charge on any atom is 0.0548 e. The molecule has 1 aromatic heterocycles. The van der Waals surface area contributed by atoms with Gasteiger partial charge in [0.25, 0.3) is 0 Å². The zero-order chi connectivity index (χ0) is 14.5. The van der Waals surface area contributed by atoms with Gasteiger partial charge in [-0.25, -0.2) is 0 Å². The third kappa shape index (κ3) is 4.08. The molecule has 1 unspecified atom stereocenters.